The van der Waals surface area contributed by atoms with Crippen molar-refractivity contribution in [1.29, 1.82) is 0 Å². The van der Waals surface area contributed by atoms with Gasteiger partial charge in [-0.1, -0.05) is 20.3 Å². The second kappa shape index (κ2) is 6.01. The number of nitrogens with zero attached hydrogens (tertiary/aromatic N) is 1. The van der Waals surface area contributed by atoms with Crippen LogP contribution in [-0.4, -0.2) is 10.8 Å². The average molecular weight is 270 g/mol. The first-order chi connectivity index (χ1) is 7.11. The van der Waals surface area contributed by atoms with E-state index in [0.29, 0.717) is 24.5 Å². The molecule has 0 spiro atoms. The lowest BCUT2D eigenvalue weighted by molar-refractivity contribution is -0.119. The highest BCUT2D eigenvalue weighted by Gasteiger charge is 2.08. The van der Waals surface area contributed by atoms with E-state index >= 15 is 0 Å². The van der Waals surface area contributed by atoms with Crippen molar-refractivity contribution in [3.63, 3.8) is 0 Å². The number of hydrogen-bond acceptors (Lipinski definition) is 2. The molecule has 1 aromatic rings. The maximum Gasteiger partial charge on any atom is 0.137 e. The van der Waals surface area contributed by atoms with Gasteiger partial charge in [-0.25, -0.2) is 0 Å². The molecule has 0 radical (unpaired) electrons. The van der Waals surface area contributed by atoms with E-state index in [-0.39, 0.29) is 0 Å². The molecule has 0 aliphatic carbocycles. The third-order valence-corrected chi connectivity index (χ3v) is 2.87. The molecule has 0 saturated carbocycles. The first kappa shape index (κ1) is 12.4. The summed E-state index contributed by atoms with van der Waals surface area (Å²) in [4.78, 5) is 15.7. The minimum Gasteiger partial charge on any atom is -0.299 e. The summed E-state index contributed by atoms with van der Waals surface area (Å²) in [5.41, 5.74) is 0.984. The van der Waals surface area contributed by atoms with Gasteiger partial charge in [-0.2, -0.15) is 0 Å². The van der Waals surface area contributed by atoms with Crippen LogP contribution >= 0.6 is 15.9 Å². The third kappa shape index (κ3) is 4.56. The predicted octanol–water partition coefficient (Wildman–Crippen LogP) is 3.39. The number of carbonyl (C=O) groups is 1. The van der Waals surface area contributed by atoms with Crippen LogP contribution in [-0.2, 0) is 11.2 Å². The minimum atomic E-state index is 0.296. The molecule has 0 bridgehead atoms. The molecule has 0 aromatic carbocycles. The molecule has 15 heavy (non-hydrogen) atoms. The molecule has 1 unspecified atom stereocenters. The maximum atomic E-state index is 11.6. The lowest BCUT2D eigenvalue weighted by Gasteiger charge is -2.06. The van der Waals surface area contributed by atoms with Crippen molar-refractivity contribution in [2.45, 2.75) is 33.1 Å². The van der Waals surface area contributed by atoms with Gasteiger partial charge in [0.15, 0.2) is 0 Å². The molecule has 1 aromatic heterocycles. The van der Waals surface area contributed by atoms with Gasteiger partial charge in [0, 0.05) is 29.7 Å². The van der Waals surface area contributed by atoms with E-state index in [2.05, 4.69) is 34.8 Å². The van der Waals surface area contributed by atoms with Crippen molar-refractivity contribution in [2.24, 2.45) is 5.92 Å². The number of aromatic nitrogens is 1. The van der Waals surface area contributed by atoms with Gasteiger partial charge < -0.3 is 0 Å². The molecular formula is C12H16BrNO. The van der Waals surface area contributed by atoms with Crippen LogP contribution in [0.15, 0.2) is 22.9 Å². The number of halogens is 1. The van der Waals surface area contributed by atoms with E-state index in [1.54, 1.807) is 12.4 Å². The standard InChI is InChI=1S/C12H16BrNO/c1-3-9(2)4-12(15)6-10-5-11(13)8-14-7-10/h5,7-9H,3-4,6H2,1-2H3. The first-order valence-corrected chi connectivity index (χ1v) is 6.02. The highest BCUT2D eigenvalue weighted by Crippen LogP contribution is 2.13. The van der Waals surface area contributed by atoms with E-state index in [1.807, 2.05) is 6.07 Å². The second-order valence-electron chi connectivity index (χ2n) is 3.94. The van der Waals surface area contributed by atoms with Gasteiger partial charge in [-0.15, -0.1) is 0 Å². The number of ketones is 1. The van der Waals surface area contributed by atoms with Crippen molar-refractivity contribution in [1.82, 2.24) is 4.98 Å². The lowest BCUT2D eigenvalue weighted by Crippen LogP contribution is -2.08. The van der Waals surface area contributed by atoms with Gasteiger partial charge in [0.25, 0.3) is 0 Å². The fourth-order valence-electron chi connectivity index (χ4n) is 1.39. The molecule has 1 heterocycles. The zero-order valence-electron chi connectivity index (χ0n) is 9.16. The highest BCUT2D eigenvalue weighted by atomic mass is 79.9. The predicted molar refractivity (Wildman–Crippen MR) is 64.7 cm³/mol. The van der Waals surface area contributed by atoms with Crippen LogP contribution in [0.4, 0.5) is 0 Å². The summed E-state index contributed by atoms with van der Waals surface area (Å²) in [6.07, 6.45) is 5.70. The van der Waals surface area contributed by atoms with Crippen LogP contribution in [0.3, 0.4) is 0 Å². The summed E-state index contributed by atoms with van der Waals surface area (Å²) in [7, 11) is 0. The Labute approximate surface area is 99.2 Å². The Morgan fingerprint density at radius 2 is 2.27 bits per heavy atom. The van der Waals surface area contributed by atoms with E-state index in [9.17, 15) is 4.79 Å². The molecule has 0 aliphatic rings. The van der Waals surface area contributed by atoms with Crippen molar-refractivity contribution >= 4 is 21.7 Å². The van der Waals surface area contributed by atoms with Crippen LogP contribution in [0.25, 0.3) is 0 Å². The smallest absolute Gasteiger partial charge is 0.137 e. The zero-order chi connectivity index (χ0) is 11.3. The van der Waals surface area contributed by atoms with Crippen LogP contribution in [0.5, 0.6) is 0 Å². The summed E-state index contributed by atoms with van der Waals surface area (Å²) in [6.45, 7) is 4.22. The van der Waals surface area contributed by atoms with E-state index < -0.39 is 0 Å². The van der Waals surface area contributed by atoms with E-state index in [1.165, 1.54) is 0 Å². The maximum absolute atomic E-state index is 11.6. The van der Waals surface area contributed by atoms with Gasteiger partial charge in [0.1, 0.15) is 5.78 Å². The fourth-order valence-corrected chi connectivity index (χ4v) is 1.80. The topological polar surface area (TPSA) is 30.0 Å². The minimum absolute atomic E-state index is 0.296. The largest absolute Gasteiger partial charge is 0.299 e. The summed E-state index contributed by atoms with van der Waals surface area (Å²) in [5.74, 6) is 0.780. The summed E-state index contributed by atoms with van der Waals surface area (Å²) in [5, 5.41) is 0. The van der Waals surface area contributed by atoms with E-state index in [0.717, 1.165) is 16.5 Å². The summed E-state index contributed by atoms with van der Waals surface area (Å²) < 4.78 is 0.927. The number of carbonyl (C=O) groups excluding carboxylic acids is 1. The molecule has 0 fully saturated rings. The van der Waals surface area contributed by atoms with Crippen molar-refractivity contribution < 1.29 is 4.79 Å². The number of pyridine rings is 1. The molecule has 0 amide bonds. The molecule has 82 valence electrons. The van der Waals surface area contributed by atoms with Crippen molar-refractivity contribution in [3.8, 4) is 0 Å². The van der Waals surface area contributed by atoms with Crippen LogP contribution in [0.2, 0.25) is 0 Å². The SMILES string of the molecule is CCC(C)CC(=O)Cc1cncc(Br)c1. The molecule has 1 rings (SSSR count). The molecule has 0 N–H and O–H groups in total. The normalized spacial score (nSPS) is 12.5. The molecule has 2 nitrogen and oxygen atoms in total. The average Bonchev–Trinajstić information content (AvgIpc) is 2.17. The van der Waals surface area contributed by atoms with Crippen molar-refractivity contribution in [2.75, 3.05) is 0 Å². The molecule has 3 heteroatoms. The monoisotopic (exact) mass is 269 g/mol. The van der Waals surface area contributed by atoms with Crippen LogP contribution in [0, 0.1) is 5.92 Å². The quantitative estimate of drug-likeness (QED) is 0.820. The van der Waals surface area contributed by atoms with Gasteiger partial charge in [-0.3, -0.25) is 9.78 Å². The Balaban J connectivity index is 2.51. The van der Waals surface area contributed by atoms with E-state index in [4.69, 9.17) is 0 Å². The molecule has 0 saturated heterocycles. The summed E-state index contributed by atoms with van der Waals surface area (Å²) >= 11 is 3.34. The zero-order valence-corrected chi connectivity index (χ0v) is 10.8. The first-order valence-electron chi connectivity index (χ1n) is 5.23. The Morgan fingerprint density at radius 3 is 2.87 bits per heavy atom. The van der Waals surface area contributed by atoms with Gasteiger partial charge in [0.05, 0.1) is 0 Å². The summed E-state index contributed by atoms with van der Waals surface area (Å²) in [6, 6.07) is 1.95. The molecule has 1 atom stereocenters. The van der Waals surface area contributed by atoms with Gasteiger partial charge in [0.2, 0.25) is 0 Å². The third-order valence-electron chi connectivity index (χ3n) is 2.44. The Bertz CT molecular complexity index is 338. The lowest BCUT2D eigenvalue weighted by atomic mass is 9.99. The Morgan fingerprint density at radius 1 is 1.53 bits per heavy atom. The highest BCUT2D eigenvalue weighted by molar-refractivity contribution is 9.10. The number of rotatable bonds is 5. The fraction of sp³-hybridized carbons (Fsp3) is 0.500. The molecular weight excluding hydrogens is 254 g/mol. The Hall–Kier alpha value is -0.700. The van der Waals surface area contributed by atoms with Crippen molar-refractivity contribution in [3.05, 3.63) is 28.5 Å². The van der Waals surface area contributed by atoms with Crippen LogP contribution < -0.4 is 0 Å². The van der Waals surface area contributed by atoms with Gasteiger partial charge >= 0.3 is 0 Å². The van der Waals surface area contributed by atoms with Gasteiger partial charge in [-0.05, 0) is 33.5 Å². The number of hydrogen-bond donors (Lipinski definition) is 0. The Kier molecular flexibility index (Phi) is 4.95. The number of Topliss-reactive ketones (excluding diaryl/α,β-unsaturated/α-hetero) is 1. The van der Waals surface area contributed by atoms with Crippen LogP contribution in [0.1, 0.15) is 32.3 Å². The second-order valence-corrected chi connectivity index (χ2v) is 4.86. The molecule has 0 aliphatic heterocycles.